The number of amides is 1. The Morgan fingerprint density at radius 2 is 2.04 bits per heavy atom. The van der Waals surface area contributed by atoms with E-state index >= 15 is 0 Å². The molecule has 0 saturated heterocycles. The van der Waals surface area contributed by atoms with Crippen LogP contribution in [-0.2, 0) is 0 Å². The van der Waals surface area contributed by atoms with Crippen molar-refractivity contribution in [3.63, 3.8) is 0 Å². The van der Waals surface area contributed by atoms with Gasteiger partial charge in [0.2, 0.25) is 5.76 Å². The fourth-order valence-electron chi connectivity index (χ4n) is 2.54. The number of para-hydroxylation sites is 1. The first-order chi connectivity index (χ1) is 12.1. The highest BCUT2D eigenvalue weighted by Gasteiger charge is 2.24. The lowest BCUT2D eigenvalue weighted by atomic mass is 10.3. The number of aromatic nitrogens is 2. The largest absolute Gasteiger partial charge is 0.351 e. The number of fused-ring (bicyclic) bond motifs is 1. The fourth-order valence-corrected chi connectivity index (χ4v) is 3.83. The number of hydrogen-bond donors (Lipinski definition) is 0. The highest BCUT2D eigenvalue weighted by molar-refractivity contribution is 7.22. The van der Waals surface area contributed by atoms with Gasteiger partial charge < -0.3 is 9.42 Å². The highest BCUT2D eigenvalue weighted by atomic mass is 35.5. The maximum absolute atomic E-state index is 12.9. The van der Waals surface area contributed by atoms with Crippen LogP contribution < -0.4 is 4.90 Å². The summed E-state index contributed by atoms with van der Waals surface area (Å²) in [6.45, 7) is 7.31. The molecule has 0 bridgehead atoms. The van der Waals surface area contributed by atoms with E-state index in [-0.39, 0.29) is 11.7 Å². The van der Waals surface area contributed by atoms with E-state index < -0.39 is 0 Å². The van der Waals surface area contributed by atoms with Crippen molar-refractivity contribution >= 4 is 44.2 Å². The van der Waals surface area contributed by atoms with Crippen molar-refractivity contribution in [2.75, 3.05) is 31.1 Å². The van der Waals surface area contributed by atoms with Gasteiger partial charge in [-0.3, -0.25) is 9.69 Å². The van der Waals surface area contributed by atoms with Gasteiger partial charge in [0.1, 0.15) is 5.52 Å². The Hall–Kier alpha value is -1.96. The van der Waals surface area contributed by atoms with Crippen LogP contribution in [0.1, 0.15) is 24.4 Å². The van der Waals surface area contributed by atoms with Gasteiger partial charge in [-0.1, -0.05) is 48.0 Å². The van der Waals surface area contributed by atoms with Crippen LogP contribution in [0.5, 0.6) is 0 Å². The van der Waals surface area contributed by atoms with E-state index in [4.69, 9.17) is 16.1 Å². The van der Waals surface area contributed by atoms with Gasteiger partial charge in [-0.05, 0) is 25.2 Å². The molecule has 132 valence electrons. The molecule has 1 aromatic carbocycles. The summed E-state index contributed by atoms with van der Waals surface area (Å²) in [5.74, 6) is -0.0512. The van der Waals surface area contributed by atoms with Crippen LogP contribution in [0.25, 0.3) is 10.2 Å². The van der Waals surface area contributed by atoms with Gasteiger partial charge in [0, 0.05) is 19.2 Å². The minimum absolute atomic E-state index is 0.199. The molecule has 6 nitrogen and oxygen atoms in total. The molecule has 2 aromatic heterocycles. The van der Waals surface area contributed by atoms with Crippen LogP contribution in [0.15, 0.2) is 35.0 Å². The topological polar surface area (TPSA) is 62.5 Å². The SMILES string of the molecule is CCN(CC)CCN(C(=O)c1ccno1)c1nc2c(Cl)cccc2s1. The third-order valence-electron chi connectivity index (χ3n) is 4.02. The number of halogens is 1. The molecule has 1 amide bonds. The van der Waals surface area contributed by atoms with Crippen LogP contribution in [0.2, 0.25) is 5.02 Å². The highest BCUT2D eigenvalue weighted by Crippen LogP contribution is 2.33. The molecule has 3 aromatic rings. The summed E-state index contributed by atoms with van der Waals surface area (Å²) in [6, 6.07) is 7.19. The molecule has 3 rings (SSSR count). The first-order valence-corrected chi connectivity index (χ1v) is 9.33. The molecule has 2 heterocycles. The quantitative estimate of drug-likeness (QED) is 0.623. The second kappa shape index (κ2) is 7.95. The maximum atomic E-state index is 12.9. The van der Waals surface area contributed by atoms with Crippen molar-refractivity contribution in [3.8, 4) is 0 Å². The average Bonchev–Trinajstić information content (AvgIpc) is 3.28. The van der Waals surface area contributed by atoms with E-state index in [0.717, 1.165) is 24.3 Å². The van der Waals surface area contributed by atoms with Crippen LogP contribution in [0, 0.1) is 0 Å². The van der Waals surface area contributed by atoms with E-state index in [1.165, 1.54) is 17.5 Å². The number of carbonyl (C=O) groups is 1. The number of carbonyl (C=O) groups excluding carboxylic acids is 1. The summed E-state index contributed by atoms with van der Waals surface area (Å²) in [4.78, 5) is 21.3. The Labute approximate surface area is 155 Å². The third kappa shape index (κ3) is 3.84. The average molecular weight is 379 g/mol. The maximum Gasteiger partial charge on any atom is 0.298 e. The zero-order chi connectivity index (χ0) is 17.8. The van der Waals surface area contributed by atoms with Gasteiger partial charge in [-0.15, -0.1) is 0 Å². The van der Waals surface area contributed by atoms with Crippen LogP contribution in [0.4, 0.5) is 5.13 Å². The molecular formula is C17H19ClN4O2S. The first-order valence-electron chi connectivity index (χ1n) is 8.14. The van der Waals surface area contributed by atoms with E-state index in [0.29, 0.717) is 22.2 Å². The molecule has 0 fully saturated rings. The predicted octanol–water partition coefficient (Wildman–Crippen LogP) is 3.93. The van der Waals surface area contributed by atoms with Crippen molar-refractivity contribution in [1.29, 1.82) is 0 Å². The summed E-state index contributed by atoms with van der Waals surface area (Å²) < 4.78 is 6.00. The Morgan fingerprint density at radius 3 is 2.68 bits per heavy atom. The summed E-state index contributed by atoms with van der Waals surface area (Å²) in [5, 5.41) is 4.82. The Morgan fingerprint density at radius 1 is 1.24 bits per heavy atom. The van der Waals surface area contributed by atoms with Crippen LogP contribution >= 0.6 is 22.9 Å². The number of benzene rings is 1. The molecule has 8 heteroatoms. The fraction of sp³-hybridized carbons (Fsp3) is 0.353. The number of anilines is 1. The minimum Gasteiger partial charge on any atom is -0.351 e. The molecule has 0 saturated carbocycles. The summed E-state index contributed by atoms with van der Waals surface area (Å²) >= 11 is 7.67. The molecule has 0 N–H and O–H groups in total. The van der Waals surface area contributed by atoms with Crippen LogP contribution in [0.3, 0.4) is 0 Å². The second-order valence-corrected chi connectivity index (χ2v) is 6.86. The van der Waals surface area contributed by atoms with Crippen molar-refractivity contribution in [2.24, 2.45) is 0 Å². The van der Waals surface area contributed by atoms with Crippen molar-refractivity contribution in [2.45, 2.75) is 13.8 Å². The predicted molar refractivity (Wildman–Crippen MR) is 101 cm³/mol. The Balaban J connectivity index is 1.94. The third-order valence-corrected chi connectivity index (χ3v) is 5.37. The van der Waals surface area contributed by atoms with Gasteiger partial charge >= 0.3 is 0 Å². The number of likely N-dealkylation sites (N-methyl/N-ethyl adjacent to an activating group) is 1. The lowest BCUT2D eigenvalue weighted by Crippen LogP contribution is -2.38. The number of hydrogen-bond acceptors (Lipinski definition) is 6. The molecule has 25 heavy (non-hydrogen) atoms. The minimum atomic E-state index is -0.250. The standard InChI is InChI=1S/C17H19ClN4O2S/c1-3-21(4-2)10-11-22(16(23)13-8-9-19-24-13)17-20-15-12(18)6-5-7-14(15)25-17/h5-9H,3-4,10-11H2,1-2H3. The first kappa shape index (κ1) is 17.8. The molecular weight excluding hydrogens is 360 g/mol. The number of thiazole rings is 1. The summed E-state index contributed by atoms with van der Waals surface area (Å²) in [7, 11) is 0. The van der Waals surface area contributed by atoms with Crippen molar-refractivity contribution in [1.82, 2.24) is 15.0 Å². The number of rotatable bonds is 7. The van der Waals surface area contributed by atoms with Crippen molar-refractivity contribution in [3.05, 3.63) is 41.2 Å². The van der Waals surface area contributed by atoms with Gasteiger partial charge in [-0.25, -0.2) is 4.98 Å². The van der Waals surface area contributed by atoms with Crippen LogP contribution in [-0.4, -0.2) is 47.1 Å². The number of nitrogens with zero attached hydrogens (tertiary/aromatic N) is 4. The molecule has 0 aliphatic carbocycles. The smallest absolute Gasteiger partial charge is 0.298 e. The Bertz CT molecular complexity index is 846. The van der Waals surface area contributed by atoms with E-state index in [2.05, 4.69) is 28.9 Å². The molecule has 0 radical (unpaired) electrons. The zero-order valence-electron chi connectivity index (χ0n) is 14.1. The molecule has 0 spiro atoms. The van der Waals surface area contributed by atoms with Gasteiger partial charge in [0.05, 0.1) is 15.9 Å². The summed E-state index contributed by atoms with van der Waals surface area (Å²) in [6.07, 6.45) is 1.46. The lowest BCUT2D eigenvalue weighted by molar-refractivity contribution is 0.0948. The second-order valence-electron chi connectivity index (χ2n) is 5.44. The van der Waals surface area contributed by atoms with Gasteiger partial charge in [-0.2, -0.15) is 0 Å². The van der Waals surface area contributed by atoms with E-state index in [1.807, 2.05) is 12.1 Å². The normalized spacial score (nSPS) is 11.4. The molecule has 0 unspecified atom stereocenters. The van der Waals surface area contributed by atoms with E-state index in [9.17, 15) is 4.79 Å². The van der Waals surface area contributed by atoms with E-state index in [1.54, 1.807) is 17.0 Å². The molecule has 0 aliphatic rings. The van der Waals surface area contributed by atoms with Gasteiger partial charge in [0.25, 0.3) is 5.91 Å². The summed E-state index contributed by atoms with van der Waals surface area (Å²) in [5.41, 5.74) is 0.711. The molecule has 0 aliphatic heterocycles. The zero-order valence-corrected chi connectivity index (χ0v) is 15.7. The molecule has 0 atom stereocenters. The van der Waals surface area contributed by atoms with Crippen molar-refractivity contribution < 1.29 is 9.32 Å². The Kier molecular flexibility index (Phi) is 5.67. The lowest BCUT2D eigenvalue weighted by Gasteiger charge is -2.23. The monoisotopic (exact) mass is 378 g/mol. The van der Waals surface area contributed by atoms with Gasteiger partial charge in [0.15, 0.2) is 5.13 Å².